The molecule has 0 spiro atoms. The molecule has 0 saturated heterocycles. The quantitative estimate of drug-likeness (QED) is 0.861. The zero-order valence-corrected chi connectivity index (χ0v) is 12.1. The summed E-state index contributed by atoms with van der Waals surface area (Å²) >= 11 is 0. The van der Waals surface area contributed by atoms with Crippen LogP contribution in [-0.2, 0) is 17.4 Å². The van der Waals surface area contributed by atoms with Gasteiger partial charge in [-0.25, -0.2) is 4.39 Å². The lowest BCUT2D eigenvalue weighted by Gasteiger charge is -2.12. The van der Waals surface area contributed by atoms with E-state index in [1.54, 1.807) is 24.3 Å². The average Bonchev–Trinajstić information content (AvgIpc) is 2.49. The van der Waals surface area contributed by atoms with Crippen molar-refractivity contribution in [1.29, 1.82) is 0 Å². The van der Waals surface area contributed by atoms with Crippen molar-refractivity contribution in [3.8, 4) is 5.75 Å². The Kier molecular flexibility index (Phi) is 4.88. The smallest absolute Gasteiger partial charge is 0.416 e. The number of alkyl halides is 3. The van der Waals surface area contributed by atoms with Gasteiger partial charge in [-0.2, -0.15) is 13.2 Å². The minimum absolute atomic E-state index is 0.153. The zero-order valence-electron chi connectivity index (χ0n) is 12.1. The third-order valence-electron chi connectivity index (χ3n) is 3.11. The van der Waals surface area contributed by atoms with Crippen LogP contribution in [0.25, 0.3) is 0 Å². The predicted molar refractivity (Wildman–Crippen MR) is 76.7 cm³/mol. The van der Waals surface area contributed by atoms with Gasteiger partial charge in [-0.15, -0.1) is 0 Å². The van der Waals surface area contributed by atoms with Crippen LogP contribution < -0.4 is 10.1 Å². The molecule has 2 aromatic rings. The Morgan fingerprint density at radius 1 is 1.17 bits per heavy atom. The molecule has 0 radical (unpaired) electrons. The fourth-order valence-corrected chi connectivity index (χ4v) is 2.01. The Bertz CT molecular complexity index is 713. The molecule has 0 aliphatic rings. The molecule has 0 fully saturated rings. The number of para-hydroxylation sites is 1. The van der Waals surface area contributed by atoms with E-state index in [4.69, 9.17) is 4.74 Å². The van der Waals surface area contributed by atoms with Gasteiger partial charge in [-0.1, -0.05) is 18.2 Å². The van der Waals surface area contributed by atoms with Crippen molar-refractivity contribution >= 4 is 11.6 Å². The van der Waals surface area contributed by atoms with Crippen molar-refractivity contribution in [2.75, 3.05) is 12.4 Å². The topological polar surface area (TPSA) is 38.3 Å². The van der Waals surface area contributed by atoms with Crippen LogP contribution in [0, 0.1) is 5.82 Å². The van der Waals surface area contributed by atoms with Crippen LogP contribution in [0.4, 0.5) is 23.2 Å². The van der Waals surface area contributed by atoms with Gasteiger partial charge in [0.25, 0.3) is 0 Å². The van der Waals surface area contributed by atoms with E-state index >= 15 is 0 Å². The molecule has 3 nitrogen and oxygen atoms in total. The van der Waals surface area contributed by atoms with Crippen molar-refractivity contribution in [2.45, 2.75) is 12.6 Å². The van der Waals surface area contributed by atoms with E-state index in [1.807, 2.05) is 0 Å². The summed E-state index contributed by atoms with van der Waals surface area (Å²) in [6.45, 7) is 0. The van der Waals surface area contributed by atoms with Gasteiger partial charge in [0.1, 0.15) is 11.6 Å². The van der Waals surface area contributed by atoms with Crippen molar-refractivity contribution in [2.24, 2.45) is 0 Å². The normalized spacial score (nSPS) is 11.2. The molecule has 0 bridgehead atoms. The van der Waals surface area contributed by atoms with Crippen LogP contribution in [0.2, 0.25) is 0 Å². The van der Waals surface area contributed by atoms with Gasteiger partial charge in [0.15, 0.2) is 0 Å². The highest BCUT2D eigenvalue weighted by molar-refractivity contribution is 5.92. The van der Waals surface area contributed by atoms with Gasteiger partial charge in [0, 0.05) is 5.56 Å². The van der Waals surface area contributed by atoms with E-state index in [-0.39, 0.29) is 6.42 Å². The summed E-state index contributed by atoms with van der Waals surface area (Å²) in [5.74, 6) is -1.12. The maximum Gasteiger partial charge on any atom is 0.416 e. The van der Waals surface area contributed by atoms with Gasteiger partial charge in [0.05, 0.1) is 24.8 Å². The molecule has 0 aliphatic carbocycles. The fourth-order valence-electron chi connectivity index (χ4n) is 2.01. The van der Waals surface area contributed by atoms with Crippen LogP contribution in [0.5, 0.6) is 5.75 Å². The number of amides is 1. The summed E-state index contributed by atoms with van der Waals surface area (Å²) in [6, 6.07) is 8.54. The van der Waals surface area contributed by atoms with E-state index in [0.717, 1.165) is 0 Å². The minimum atomic E-state index is -4.62. The summed E-state index contributed by atoms with van der Waals surface area (Å²) in [4.78, 5) is 11.9. The monoisotopic (exact) mass is 327 g/mol. The first-order valence-electron chi connectivity index (χ1n) is 6.59. The number of nitrogens with one attached hydrogen (secondary N) is 1. The molecule has 2 aromatic carbocycles. The summed E-state index contributed by atoms with van der Waals surface area (Å²) in [5.41, 5.74) is -1.01. The number of ether oxygens (including phenoxy) is 1. The Labute approximate surface area is 129 Å². The molecular formula is C16H13F4NO2. The molecule has 2 rings (SSSR count). The Balaban J connectivity index is 2.17. The highest BCUT2D eigenvalue weighted by Gasteiger charge is 2.31. The predicted octanol–water partition coefficient (Wildman–Crippen LogP) is 4.03. The van der Waals surface area contributed by atoms with E-state index in [9.17, 15) is 22.4 Å². The number of methoxy groups -OCH3 is 1. The molecule has 122 valence electrons. The van der Waals surface area contributed by atoms with Crippen molar-refractivity contribution in [3.05, 3.63) is 59.4 Å². The number of benzene rings is 2. The lowest BCUT2D eigenvalue weighted by Crippen LogP contribution is -2.17. The van der Waals surface area contributed by atoms with Gasteiger partial charge < -0.3 is 10.1 Å². The number of hydrogen-bond donors (Lipinski definition) is 1. The van der Waals surface area contributed by atoms with Crippen LogP contribution in [0.1, 0.15) is 11.1 Å². The first-order valence-corrected chi connectivity index (χ1v) is 6.59. The molecule has 23 heavy (non-hydrogen) atoms. The number of carbonyl (C=O) groups is 1. The molecule has 0 atom stereocenters. The first-order chi connectivity index (χ1) is 10.8. The maximum absolute atomic E-state index is 13.6. The Morgan fingerprint density at radius 3 is 2.52 bits per heavy atom. The molecule has 0 aromatic heterocycles. The Morgan fingerprint density at radius 2 is 1.87 bits per heavy atom. The molecule has 0 saturated carbocycles. The average molecular weight is 327 g/mol. The number of anilines is 1. The Hall–Kier alpha value is -2.57. The van der Waals surface area contributed by atoms with E-state index in [2.05, 4.69) is 5.32 Å². The zero-order chi connectivity index (χ0) is 17.0. The second-order valence-electron chi connectivity index (χ2n) is 4.73. The molecule has 0 heterocycles. The second-order valence-corrected chi connectivity index (χ2v) is 4.73. The van der Waals surface area contributed by atoms with Crippen LogP contribution in [0.3, 0.4) is 0 Å². The largest absolute Gasteiger partial charge is 0.496 e. The second kappa shape index (κ2) is 6.68. The third-order valence-corrected chi connectivity index (χ3v) is 3.11. The molecule has 0 unspecified atom stereocenters. The van der Waals surface area contributed by atoms with E-state index in [0.29, 0.717) is 29.5 Å². The van der Waals surface area contributed by atoms with Crippen molar-refractivity contribution in [3.63, 3.8) is 0 Å². The SMILES string of the molecule is COc1ccccc1CC(=O)Nc1cc(C(F)(F)F)ccc1F. The van der Waals surface area contributed by atoms with Crippen molar-refractivity contribution in [1.82, 2.24) is 0 Å². The highest BCUT2D eigenvalue weighted by atomic mass is 19.4. The van der Waals surface area contributed by atoms with Crippen LogP contribution in [0.15, 0.2) is 42.5 Å². The number of halogens is 4. The van der Waals surface area contributed by atoms with E-state index in [1.165, 1.54) is 7.11 Å². The number of hydrogen-bond acceptors (Lipinski definition) is 2. The number of rotatable bonds is 4. The molecule has 1 N–H and O–H groups in total. The van der Waals surface area contributed by atoms with Gasteiger partial charge >= 0.3 is 6.18 Å². The summed E-state index contributed by atoms with van der Waals surface area (Å²) in [5, 5.41) is 2.15. The highest BCUT2D eigenvalue weighted by Crippen LogP contribution is 2.31. The van der Waals surface area contributed by atoms with Crippen molar-refractivity contribution < 1.29 is 27.1 Å². The molecular weight excluding hydrogens is 314 g/mol. The standard InChI is InChI=1S/C16H13F4NO2/c1-23-14-5-3-2-4-10(14)8-15(22)21-13-9-11(16(18,19)20)6-7-12(13)17/h2-7,9H,8H2,1H3,(H,21,22). The fraction of sp³-hybridized carbons (Fsp3) is 0.188. The molecule has 0 aliphatic heterocycles. The van der Waals surface area contributed by atoms with Gasteiger partial charge in [0.2, 0.25) is 5.91 Å². The van der Waals surface area contributed by atoms with Crippen LogP contribution in [-0.4, -0.2) is 13.0 Å². The lowest BCUT2D eigenvalue weighted by atomic mass is 10.1. The van der Waals surface area contributed by atoms with E-state index < -0.39 is 29.2 Å². The lowest BCUT2D eigenvalue weighted by molar-refractivity contribution is -0.137. The summed E-state index contributed by atoms with van der Waals surface area (Å²) < 4.78 is 56.6. The molecule has 7 heteroatoms. The third kappa shape index (κ3) is 4.21. The van der Waals surface area contributed by atoms with Gasteiger partial charge in [-0.3, -0.25) is 4.79 Å². The van der Waals surface area contributed by atoms with Crippen LogP contribution >= 0.6 is 0 Å². The summed E-state index contributed by atoms with van der Waals surface area (Å²) in [7, 11) is 1.43. The first kappa shape index (κ1) is 16.8. The molecule has 1 amide bonds. The van der Waals surface area contributed by atoms with Gasteiger partial charge in [-0.05, 0) is 24.3 Å². The number of carbonyl (C=O) groups excluding carboxylic acids is 1. The maximum atomic E-state index is 13.6. The minimum Gasteiger partial charge on any atom is -0.496 e. The summed E-state index contributed by atoms with van der Waals surface area (Å²) in [6.07, 6.45) is -4.77.